The normalized spacial score (nSPS) is 14.6. The van der Waals surface area contributed by atoms with Gasteiger partial charge in [0.1, 0.15) is 0 Å². The van der Waals surface area contributed by atoms with Crippen LogP contribution < -0.4 is 5.32 Å². The fourth-order valence-corrected chi connectivity index (χ4v) is 3.54. The number of benzene rings is 2. The minimum Gasteiger partial charge on any atom is -0.339 e. The Bertz CT molecular complexity index is 948. The molecule has 0 bridgehead atoms. The molecule has 1 atom stereocenters. The number of amides is 2. The van der Waals surface area contributed by atoms with Crippen LogP contribution in [0.4, 0.5) is 5.69 Å². The van der Waals surface area contributed by atoms with E-state index in [1.807, 2.05) is 35.2 Å². The lowest BCUT2D eigenvalue weighted by atomic mass is 10.1. The van der Waals surface area contributed by atoms with Crippen molar-refractivity contribution in [3.8, 4) is 0 Å². The average Bonchev–Trinajstić information content (AvgIpc) is 3.43. The van der Waals surface area contributed by atoms with Gasteiger partial charge in [-0.05, 0) is 42.7 Å². The molecule has 1 fully saturated rings. The molecule has 0 spiro atoms. The third-order valence-electron chi connectivity index (χ3n) is 4.92. The molecule has 3 aromatic rings. The second-order valence-corrected chi connectivity index (χ2v) is 6.87. The van der Waals surface area contributed by atoms with E-state index in [-0.39, 0.29) is 11.8 Å². The van der Waals surface area contributed by atoms with Crippen molar-refractivity contribution in [2.75, 3.05) is 18.4 Å². The number of nitrogens with one attached hydrogen (secondary N) is 1. The summed E-state index contributed by atoms with van der Waals surface area (Å²) >= 11 is 0. The molecule has 1 aliphatic rings. The first-order chi connectivity index (χ1) is 13.7. The standard InChI is InChI=1S/C22H22N4O2/c27-21(20(26-15-7-12-23-26)17-8-2-1-3-9-17)24-19-11-6-10-18(16-19)22(28)25-13-4-5-14-25/h1-3,6-12,15-16,20H,4-5,13-14H2,(H,24,27). The molecule has 142 valence electrons. The van der Waals surface area contributed by atoms with Crippen LogP contribution in [0.3, 0.4) is 0 Å². The number of anilines is 1. The Labute approximate surface area is 163 Å². The van der Waals surface area contributed by atoms with E-state index in [2.05, 4.69) is 10.4 Å². The number of nitrogens with zero attached hydrogens (tertiary/aromatic N) is 3. The minimum atomic E-state index is -0.589. The maximum Gasteiger partial charge on any atom is 0.253 e. The van der Waals surface area contributed by atoms with Gasteiger partial charge in [-0.25, -0.2) is 0 Å². The number of carbonyl (C=O) groups is 2. The third kappa shape index (κ3) is 3.81. The Hall–Kier alpha value is -3.41. The van der Waals surface area contributed by atoms with Crippen LogP contribution in [0.1, 0.15) is 34.8 Å². The largest absolute Gasteiger partial charge is 0.339 e. The summed E-state index contributed by atoms with van der Waals surface area (Å²) in [6, 6.07) is 17.8. The van der Waals surface area contributed by atoms with Gasteiger partial charge in [0.15, 0.2) is 6.04 Å². The van der Waals surface area contributed by atoms with Gasteiger partial charge in [-0.15, -0.1) is 0 Å². The number of likely N-dealkylation sites (tertiary alicyclic amines) is 1. The molecular formula is C22H22N4O2. The van der Waals surface area contributed by atoms with Crippen molar-refractivity contribution < 1.29 is 9.59 Å². The van der Waals surface area contributed by atoms with Crippen LogP contribution in [0, 0.1) is 0 Å². The molecule has 0 radical (unpaired) electrons. The monoisotopic (exact) mass is 374 g/mol. The van der Waals surface area contributed by atoms with Crippen molar-refractivity contribution in [3.05, 3.63) is 84.2 Å². The van der Waals surface area contributed by atoms with Gasteiger partial charge in [-0.3, -0.25) is 14.3 Å². The SMILES string of the molecule is O=C(Nc1cccc(C(=O)N2CCCC2)c1)C(c1ccccc1)n1cccn1. The zero-order chi connectivity index (χ0) is 19.3. The number of hydrogen-bond acceptors (Lipinski definition) is 3. The zero-order valence-electron chi connectivity index (χ0n) is 15.5. The van der Waals surface area contributed by atoms with E-state index < -0.39 is 6.04 Å². The van der Waals surface area contributed by atoms with Gasteiger partial charge in [-0.2, -0.15) is 5.10 Å². The first-order valence-electron chi connectivity index (χ1n) is 9.46. The van der Waals surface area contributed by atoms with Crippen LogP contribution >= 0.6 is 0 Å². The molecular weight excluding hydrogens is 352 g/mol. The predicted octanol–water partition coefficient (Wildman–Crippen LogP) is 3.35. The highest BCUT2D eigenvalue weighted by atomic mass is 16.2. The summed E-state index contributed by atoms with van der Waals surface area (Å²) in [5, 5.41) is 7.19. The summed E-state index contributed by atoms with van der Waals surface area (Å²) in [4.78, 5) is 27.6. The molecule has 2 amide bonds. The Balaban J connectivity index is 1.56. The molecule has 4 rings (SSSR count). The van der Waals surface area contributed by atoms with E-state index >= 15 is 0 Å². The molecule has 1 aliphatic heterocycles. The Kier molecular flexibility index (Phi) is 5.19. The van der Waals surface area contributed by atoms with Crippen LogP contribution in [0.15, 0.2) is 73.1 Å². The molecule has 1 aromatic heterocycles. The first-order valence-corrected chi connectivity index (χ1v) is 9.46. The van der Waals surface area contributed by atoms with Gasteiger partial charge in [-0.1, -0.05) is 36.4 Å². The molecule has 0 saturated carbocycles. The van der Waals surface area contributed by atoms with E-state index in [0.717, 1.165) is 31.5 Å². The first kappa shape index (κ1) is 18.0. The second-order valence-electron chi connectivity index (χ2n) is 6.87. The van der Waals surface area contributed by atoms with E-state index in [4.69, 9.17) is 0 Å². The minimum absolute atomic E-state index is 0.0142. The van der Waals surface area contributed by atoms with Crippen molar-refractivity contribution in [1.29, 1.82) is 0 Å². The van der Waals surface area contributed by atoms with E-state index in [1.165, 1.54) is 0 Å². The van der Waals surface area contributed by atoms with Crippen LogP contribution in [0.25, 0.3) is 0 Å². The summed E-state index contributed by atoms with van der Waals surface area (Å²) in [5.41, 5.74) is 2.03. The molecule has 28 heavy (non-hydrogen) atoms. The Morgan fingerprint density at radius 3 is 2.46 bits per heavy atom. The fourth-order valence-electron chi connectivity index (χ4n) is 3.54. The van der Waals surface area contributed by atoms with Gasteiger partial charge in [0.25, 0.3) is 11.8 Å². The summed E-state index contributed by atoms with van der Waals surface area (Å²) in [6.45, 7) is 1.59. The zero-order valence-corrected chi connectivity index (χ0v) is 15.5. The Morgan fingerprint density at radius 2 is 1.75 bits per heavy atom. The van der Waals surface area contributed by atoms with Crippen molar-refractivity contribution >= 4 is 17.5 Å². The Morgan fingerprint density at radius 1 is 0.964 bits per heavy atom. The average molecular weight is 374 g/mol. The van der Waals surface area contributed by atoms with E-state index in [0.29, 0.717) is 11.3 Å². The van der Waals surface area contributed by atoms with Gasteiger partial charge in [0.2, 0.25) is 0 Å². The van der Waals surface area contributed by atoms with Crippen molar-refractivity contribution in [2.45, 2.75) is 18.9 Å². The maximum absolute atomic E-state index is 13.1. The van der Waals surface area contributed by atoms with Crippen LogP contribution in [-0.2, 0) is 4.79 Å². The highest BCUT2D eigenvalue weighted by molar-refractivity contribution is 5.99. The van der Waals surface area contributed by atoms with Crippen LogP contribution in [-0.4, -0.2) is 39.6 Å². The second kappa shape index (κ2) is 8.08. The van der Waals surface area contributed by atoms with Crippen molar-refractivity contribution in [3.63, 3.8) is 0 Å². The molecule has 1 saturated heterocycles. The predicted molar refractivity (Wildman–Crippen MR) is 107 cm³/mol. The van der Waals surface area contributed by atoms with Crippen molar-refractivity contribution in [1.82, 2.24) is 14.7 Å². The lowest BCUT2D eigenvalue weighted by molar-refractivity contribution is -0.118. The highest BCUT2D eigenvalue weighted by Crippen LogP contribution is 2.21. The number of rotatable bonds is 5. The lowest BCUT2D eigenvalue weighted by Gasteiger charge is -2.19. The lowest BCUT2D eigenvalue weighted by Crippen LogP contribution is -2.28. The summed E-state index contributed by atoms with van der Waals surface area (Å²) in [6.07, 6.45) is 5.51. The quantitative estimate of drug-likeness (QED) is 0.745. The highest BCUT2D eigenvalue weighted by Gasteiger charge is 2.24. The van der Waals surface area contributed by atoms with Crippen molar-refractivity contribution in [2.24, 2.45) is 0 Å². The summed E-state index contributed by atoms with van der Waals surface area (Å²) in [7, 11) is 0. The molecule has 2 heterocycles. The maximum atomic E-state index is 13.1. The third-order valence-corrected chi connectivity index (χ3v) is 4.92. The van der Waals surface area contributed by atoms with Gasteiger partial charge in [0.05, 0.1) is 0 Å². The van der Waals surface area contributed by atoms with Gasteiger partial charge < -0.3 is 10.2 Å². The molecule has 6 heteroatoms. The molecule has 0 aliphatic carbocycles. The summed E-state index contributed by atoms with van der Waals surface area (Å²) in [5.74, 6) is -0.194. The van der Waals surface area contributed by atoms with Crippen LogP contribution in [0.2, 0.25) is 0 Å². The topological polar surface area (TPSA) is 67.2 Å². The molecule has 1 N–H and O–H groups in total. The molecule has 1 unspecified atom stereocenters. The molecule has 2 aromatic carbocycles. The smallest absolute Gasteiger partial charge is 0.253 e. The van der Waals surface area contributed by atoms with Crippen LogP contribution in [0.5, 0.6) is 0 Å². The van der Waals surface area contributed by atoms with Gasteiger partial charge >= 0.3 is 0 Å². The van der Waals surface area contributed by atoms with Gasteiger partial charge in [0, 0.05) is 36.7 Å². The number of aromatic nitrogens is 2. The summed E-state index contributed by atoms with van der Waals surface area (Å²) < 4.78 is 1.63. The fraction of sp³-hybridized carbons (Fsp3) is 0.227. The van der Waals surface area contributed by atoms with E-state index in [1.54, 1.807) is 47.4 Å². The molecule has 6 nitrogen and oxygen atoms in total. The number of hydrogen-bond donors (Lipinski definition) is 1. The number of carbonyl (C=O) groups excluding carboxylic acids is 2. The van der Waals surface area contributed by atoms with E-state index in [9.17, 15) is 9.59 Å².